The van der Waals surface area contributed by atoms with Crippen LogP contribution in [0.4, 0.5) is 0 Å². The van der Waals surface area contributed by atoms with Gasteiger partial charge in [-0.05, 0) is 77.1 Å². The van der Waals surface area contributed by atoms with Gasteiger partial charge in [-0.15, -0.1) is 11.3 Å². The molecule has 0 aliphatic carbocycles. The van der Waals surface area contributed by atoms with E-state index < -0.39 is 0 Å². The van der Waals surface area contributed by atoms with E-state index in [1.165, 1.54) is 33.4 Å². The molecule has 152 valence electrons. The van der Waals surface area contributed by atoms with E-state index >= 15 is 0 Å². The van der Waals surface area contributed by atoms with Crippen molar-refractivity contribution in [2.24, 2.45) is 5.73 Å². The predicted octanol–water partition coefficient (Wildman–Crippen LogP) is 7.00. The quantitative estimate of drug-likeness (QED) is 0.410. The van der Waals surface area contributed by atoms with Crippen LogP contribution >= 0.6 is 11.3 Å². The van der Waals surface area contributed by atoms with Crippen molar-refractivity contribution in [2.75, 3.05) is 6.54 Å². The SMILES string of the molecule is CCC(=O)c1sccc1-c1c(C)ccc(CC)c1-c1ccc(C(CC)CN)cc1. The highest BCUT2D eigenvalue weighted by molar-refractivity contribution is 7.12. The number of aryl methyl sites for hydroxylation is 2. The van der Waals surface area contributed by atoms with Crippen LogP contribution < -0.4 is 5.73 Å². The molecule has 3 heteroatoms. The highest BCUT2D eigenvalue weighted by atomic mass is 32.1. The lowest BCUT2D eigenvalue weighted by Crippen LogP contribution is -2.11. The molecule has 2 nitrogen and oxygen atoms in total. The highest BCUT2D eigenvalue weighted by Gasteiger charge is 2.20. The topological polar surface area (TPSA) is 43.1 Å². The number of nitrogens with two attached hydrogens (primary N) is 1. The number of carbonyl (C=O) groups excluding carboxylic acids is 1. The van der Waals surface area contributed by atoms with Crippen molar-refractivity contribution in [2.45, 2.75) is 52.9 Å². The summed E-state index contributed by atoms with van der Waals surface area (Å²) in [6.45, 7) is 9.12. The minimum Gasteiger partial charge on any atom is -0.330 e. The molecule has 1 atom stereocenters. The van der Waals surface area contributed by atoms with Crippen molar-refractivity contribution in [3.63, 3.8) is 0 Å². The third-order valence-corrected chi connectivity index (χ3v) is 6.79. The van der Waals surface area contributed by atoms with Crippen molar-refractivity contribution < 1.29 is 4.79 Å². The first-order valence-corrected chi connectivity index (χ1v) is 11.5. The molecule has 1 heterocycles. The Hall–Kier alpha value is -2.23. The van der Waals surface area contributed by atoms with Crippen molar-refractivity contribution >= 4 is 17.1 Å². The summed E-state index contributed by atoms with van der Waals surface area (Å²) in [5, 5.41) is 2.04. The van der Waals surface area contributed by atoms with E-state index in [1.54, 1.807) is 11.3 Å². The van der Waals surface area contributed by atoms with Gasteiger partial charge in [0.05, 0.1) is 4.88 Å². The molecule has 0 saturated carbocycles. The van der Waals surface area contributed by atoms with Crippen molar-refractivity contribution in [1.82, 2.24) is 0 Å². The number of thiophene rings is 1. The van der Waals surface area contributed by atoms with Gasteiger partial charge in [0.25, 0.3) is 0 Å². The standard InChI is InChI=1S/C26H31NOS/c1-5-18-9-8-17(4)24(22-14-15-29-26(22)23(28)7-3)25(18)21-12-10-20(11-13-21)19(6-2)16-27/h8-15,19H,5-7,16,27H2,1-4H3. The summed E-state index contributed by atoms with van der Waals surface area (Å²) in [6, 6.07) is 15.4. The summed E-state index contributed by atoms with van der Waals surface area (Å²) in [4.78, 5) is 13.4. The number of ketones is 1. The van der Waals surface area contributed by atoms with Gasteiger partial charge in [-0.3, -0.25) is 4.79 Å². The summed E-state index contributed by atoms with van der Waals surface area (Å²) >= 11 is 1.55. The Bertz CT molecular complexity index is 980. The minimum absolute atomic E-state index is 0.214. The monoisotopic (exact) mass is 405 g/mol. The number of benzene rings is 2. The first-order valence-electron chi connectivity index (χ1n) is 10.6. The third-order valence-electron chi connectivity index (χ3n) is 5.84. The van der Waals surface area contributed by atoms with Gasteiger partial charge < -0.3 is 5.73 Å². The Morgan fingerprint density at radius 2 is 1.72 bits per heavy atom. The van der Waals surface area contributed by atoms with E-state index in [-0.39, 0.29) is 5.78 Å². The molecule has 2 aromatic carbocycles. The van der Waals surface area contributed by atoms with Crippen LogP contribution in [0.2, 0.25) is 0 Å². The molecule has 3 aromatic rings. The highest BCUT2D eigenvalue weighted by Crippen LogP contribution is 2.41. The molecular weight excluding hydrogens is 374 g/mol. The Kier molecular flexibility index (Phi) is 7.05. The molecule has 0 bridgehead atoms. The molecule has 29 heavy (non-hydrogen) atoms. The number of hydrogen-bond acceptors (Lipinski definition) is 3. The van der Waals surface area contributed by atoms with Gasteiger partial charge in [0.1, 0.15) is 0 Å². The van der Waals surface area contributed by atoms with E-state index in [9.17, 15) is 4.79 Å². The first kappa shape index (κ1) is 21.5. The predicted molar refractivity (Wildman–Crippen MR) is 126 cm³/mol. The average molecular weight is 406 g/mol. The fourth-order valence-corrected chi connectivity index (χ4v) is 4.98. The van der Waals surface area contributed by atoms with E-state index in [4.69, 9.17) is 5.73 Å². The molecule has 3 rings (SSSR count). The van der Waals surface area contributed by atoms with Gasteiger partial charge in [-0.25, -0.2) is 0 Å². The Balaban J connectivity index is 2.21. The van der Waals surface area contributed by atoms with Gasteiger partial charge >= 0.3 is 0 Å². The molecule has 0 amide bonds. The largest absolute Gasteiger partial charge is 0.330 e. The normalized spacial score (nSPS) is 12.2. The Labute approximate surface area is 178 Å². The summed E-state index contributed by atoms with van der Waals surface area (Å²) in [7, 11) is 0. The van der Waals surface area contributed by atoms with Crippen LogP contribution in [0.1, 0.15) is 65.9 Å². The van der Waals surface area contributed by atoms with E-state index in [0.717, 1.165) is 23.3 Å². The van der Waals surface area contributed by atoms with Gasteiger partial charge in [0, 0.05) is 12.0 Å². The number of hydrogen-bond donors (Lipinski definition) is 1. The van der Waals surface area contributed by atoms with Crippen LogP contribution in [0.5, 0.6) is 0 Å². The van der Waals surface area contributed by atoms with Crippen molar-refractivity contribution in [3.8, 4) is 22.3 Å². The van der Waals surface area contributed by atoms with Crippen LogP contribution in [0.15, 0.2) is 47.8 Å². The maximum Gasteiger partial charge on any atom is 0.173 e. The number of carbonyl (C=O) groups is 1. The molecule has 0 radical (unpaired) electrons. The molecule has 2 N–H and O–H groups in total. The fourth-order valence-electron chi connectivity index (χ4n) is 4.06. The summed E-state index contributed by atoms with van der Waals surface area (Å²) in [5.41, 5.74) is 14.5. The van der Waals surface area contributed by atoms with E-state index in [1.807, 2.05) is 12.3 Å². The van der Waals surface area contributed by atoms with Crippen LogP contribution in [-0.4, -0.2) is 12.3 Å². The maximum absolute atomic E-state index is 12.6. The van der Waals surface area contributed by atoms with Gasteiger partial charge in [0.2, 0.25) is 0 Å². The lowest BCUT2D eigenvalue weighted by Gasteiger charge is -2.19. The molecule has 1 aromatic heterocycles. The van der Waals surface area contributed by atoms with Crippen LogP contribution in [0.25, 0.3) is 22.3 Å². The third kappa shape index (κ3) is 4.22. The minimum atomic E-state index is 0.214. The second kappa shape index (κ2) is 9.51. The summed E-state index contributed by atoms with van der Waals surface area (Å²) in [6.07, 6.45) is 2.52. The zero-order chi connectivity index (χ0) is 21.0. The molecule has 0 saturated heterocycles. The van der Waals surface area contributed by atoms with E-state index in [0.29, 0.717) is 18.9 Å². The van der Waals surface area contributed by atoms with Gasteiger partial charge in [0.15, 0.2) is 5.78 Å². The van der Waals surface area contributed by atoms with Gasteiger partial charge in [-0.1, -0.05) is 57.2 Å². The Morgan fingerprint density at radius 1 is 1.00 bits per heavy atom. The smallest absolute Gasteiger partial charge is 0.173 e. The van der Waals surface area contributed by atoms with Crippen LogP contribution in [-0.2, 0) is 6.42 Å². The molecule has 0 fully saturated rings. The zero-order valence-corrected chi connectivity index (χ0v) is 18.7. The van der Waals surface area contributed by atoms with Gasteiger partial charge in [-0.2, -0.15) is 0 Å². The lowest BCUT2D eigenvalue weighted by molar-refractivity contribution is 0.0992. The maximum atomic E-state index is 12.6. The second-order valence-corrected chi connectivity index (χ2v) is 8.46. The first-order chi connectivity index (χ1) is 14.0. The number of Topliss-reactive ketones (excluding diaryl/α,β-unsaturated/α-hetero) is 1. The average Bonchev–Trinajstić information content (AvgIpc) is 3.23. The molecule has 1 unspecified atom stereocenters. The molecule has 0 aliphatic heterocycles. The van der Waals surface area contributed by atoms with Crippen LogP contribution in [0, 0.1) is 6.92 Å². The van der Waals surface area contributed by atoms with Crippen LogP contribution in [0.3, 0.4) is 0 Å². The number of rotatable bonds is 8. The molecular formula is C26H31NOS. The Morgan fingerprint density at radius 3 is 2.31 bits per heavy atom. The van der Waals surface area contributed by atoms with Crippen molar-refractivity contribution in [3.05, 3.63) is 69.4 Å². The zero-order valence-electron chi connectivity index (χ0n) is 17.9. The summed E-state index contributed by atoms with van der Waals surface area (Å²) in [5.74, 6) is 0.615. The fraction of sp³-hybridized carbons (Fsp3) is 0.346. The van der Waals surface area contributed by atoms with E-state index in [2.05, 4.69) is 63.2 Å². The lowest BCUT2D eigenvalue weighted by atomic mass is 9.85. The van der Waals surface area contributed by atoms with Crippen molar-refractivity contribution in [1.29, 1.82) is 0 Å². The summed E-state index contributed by atoms with van der Waals surface area (Å²) < 4.78 is 0. The second-order valence-electron chi connectivity index (χ2n) is 7.55. The molecule has 0 aliphatic rings. The molecule has 0 spiro atoms.